The smallest absolute Gasteiger partial charge is 0.326 e. The van der Waals surface area contributed by atoms with Gasteiger partial charge in [-0.1, -0.05) is 0 Å². The molecule has 2 aromatic rings. The van der Waals surface area contributed by atoms with Gasteiger partial charge in [-0.05, 0) is 12.8 Å². The van der Waals surface area contributed by atoms with Crippen molar-refractivity contribution < 1.29 is 13.5 Å². The van der Waals surface area contributed by atoms with E-state index < -0.39 is 40.2 Å². The van der Waals surface area contributed by atoms with E-state index in [9.17, 15) is 28.0 Å². The highest BCUT2D eigenvalue weighted by Gasteiger charge is 2.23. The predicted octanol–water partition coefficient (Wildman–Crippen LogP) is -0.744. The first-order valence-electron chi connectivity index (χ1n) is 6.49. The molecule has 0 spiro atoms. The third kappa shape index (κ3) is 4.10. The zero-order valence-electron chi connectivity index (χ0n) is 11.6. The van der Waals surface area contributed by atoms with E-state index in [4.69, 9.17) is 4.74 Å². The molecule has 9 nitrogen and oxygen atoms in total. The fourth-order valence-corrected chi connectivity index (χ4v) is 1.91. The highest BCUT2D eigenvalue weighted by atomic mass is 19.1. The van der Waals surface area contributed by atoms with Crippen LogP contribution in [0.4, 0.5) is 8.78 Å². The third-order valence-electron chi connectivity index (χ3n) is 2.94. The van der Waals surface area contributed by atoms with Crippen LogP contribution in [0.2, 0.25) is 0 Å². The third-order valence-corrected chi connectivity index (χ3v) is 2.94. The average Bonchev–Trinajstić information content (AvgIpc) is 3.02. The number of hydrogen-bond acceptors (Lipinski definition) is 5. The first-order valence-corrected chi connectivity index (χ1v) is 6.49. The lowest BCUT2D eigenvalue weighted by Crippen LogP contribution is -2.28. The van der Waals surface area contributed by atoms with Crippen molar-refractivity contribution in [3.63, 3.8) is 0 Å². The zero-order chi connectivity index (χ0) is 17.0. The number of nitrogens with one attached hydrogen (secondary N) is 4. The molecule has 1 atom stereocenters. The summed E-state index contributed by atoms with van der Waals surface area (Å²) in [5, 5.41) is 0. The summed E-state index contributed by atoms with van der Waals surface area (Å²) in [6.07, 6.45) is 1.64. The van der Waals surface area contributed by atoms with E-state index in [2.05, 4.69) is 4.98 Å². The molecule has 4 N–H and O–H groups in total. The van der Waals surface area contributed by atoms with Gasteiger partial charge in [0.15, 0.2) is 0 Å². The van der Waals surface area contributed by atoms with Crippen LogP contribution in [0.5, 0.6) is 0 Å². The van der Waals surface area contributed by atoms with Gasteiger partial charge < -0.3 is 14.7 Å². The Kier molecular flexibility index (Phi) is 5.01. The van der Waals surface area contributed by atoms with Gasteiger partial charge >= 0.3 is 11.4 Å². The topological polar surface area (TPSA) is 141 Å². The minimum Gasteiger partial charge on any atom is -0.372 e. The average molecular weight is 330 g/mol. The molecule has 0 saturated carbocycles. The first-order chi connectivity index (χ1) is 10.9. The Morgan fingerprint density at radius 2 is 1.70 bits per heavy atom. The molecule has 124 valence electrons. The normalized spacial score (nSPS) is 16.7. The van der Waals surface area contributed by atoms with E-state index in [0.29, 0.717) is 19.2 Å². The summed E-state index contributed by atoms with van der Waals surface area (Å²) < 4.78 is 30.4. The molecule has 3 rings (SSSR count). The maximum atomic E-state index is 13.2. The van der Waals surface area contributed by atoms with Crippen molar-refractivity contribution in [1.29, 1.82) is 0 Å². The SMILES string of the molecule is O=c1[nH]c(C2CCCO2)c(F)c(=O)[nH]1.O=c1[nH]cc(F)c(=O)[nH]1. The summed E-state index contributed by atoms with van der Waals surface area (Å²) in [5.41, 5.74) is -3.46. The highest BCUT2D eigenvalue weighted by Crippen LogP contribution is 2.26. The highest BCUT2D eigenvalue weighted by molar-refractivity contribution is 5.07. The standard InChI is InChI=1S/C8H9FN2O3.C4H3FN2O2/c9-5-6(4-2-1-3-14-4)10-8(13)11-7(5)12;5-2-1-6-4(9)7-3(2)8/h4H,1-3H2,(H2,10,11,12,13);1H,(H2,6,7,8,9). The number of halogens is 2. The van der Waals surface area contributed by atoms with Gasteiger partial charge in [0.2, 0.25) is 11.6 Å². The molecule has 11 heteroatoms. The molecule has 1 aliphatic heterocycles. The Morgan fingerprint density at radius 3 is 2.26 bits per heavy atom. The quantitative estimate of drug-likeness (QED) is 0.545. The summed E-state index contributed by atoms with van der Waals surface area (Å²) in [5.74, 6) is -1.95. The fourth-order valence-electron chi connectivity index (χ4n) is 1.91. The largest absolute Gasteiger partial charge is 0.372 e. The molecule has 3 heterocycles. The van der Waals surface area contributed by atoms with Crippen LogP contribution < -0.4 is 22.5 Å². The lowest BCUT2D eigenvalue weighted by Gasteiger charge is -2.08. The van der Waals surface area contributed by atoms with E-state index in [1.165, 1.54) is 0 Å². The molecule has 1 fully saturated rings. The Labute approximate surface area is 125 Å². The van der Waals surface area contributed by atoms with Gasteiger partial charge in [0.25, 0.3) is 11.1 Å². The number of aromatic nitrogens is 4. The monoisotopic (exact) mass is 330 g/mol. The van der Waals surface area contributed by atoms with Gasteiger partial charge in [-0.3, -0.25) is 19.6 Å². The lowest BCUT2D eigenvalue weighted by molar-refractivity contribution is 0.104. The van der Waals surface area contributed by atoms with Crippen molar-refractivity contribution in [3.8, 4) is 0 Å². The Bertz CT molecular complexity index is 907. The molecule has 0 aliphatic carbocycles. The summed E-state index contributed by atoms with van der Waals surface area (Å²) in [6.45, 7) is 0.527. The molecule has 0 aromatic carbocycles. The van der Waals surface area contributed by atoms with E-state index in [-0.39, 0.29) is 5.69 Å². The van der Waals surface area contributed by atoms with Crippen LogP contribution in [-0.4, -0.2) is 26.5 Å². The second kappa shape index (κ2) is 6.96. The minimum atomic E-state index is -1.00. The van der Waals surface area contributed by atoms with Crippen LogP contribution in [0.3, 0.4) is 0 Å². The Morgan fingerprint density at radius 1 is 1.00 bits per heavy atom. The second-order valence-electron chi connectivity index (χ2n) is 4.56. The van der Waals surface area contributed by atoms with Crippen LogP contribution in [0.1, 0.15) is 24.6 Å². The van der Waals surface area contributed by atoms with Crippen molar-refractivity contribution in [2.45, 2.75) is 18.9 Å². The number of H-pyrrole nitrogens is 4. The van der Waals surface area contributed by atoms with Crippen LogP contribution in [0.15, 0.2) is 25.4 Å². The van der Waals surface area contributed by atoms with Crippen LogP contribution in [0.25, 0.3) is 0 Å². The van der Waals surface area contributed by atoms with Crippen molar-refractivity contribution in [3.05, 3.63) is 65.2 Å². The summed E-state index contributed by atoms with van der Waals surface area (Å²) in [7, 11) is 0. The van der Waals surface area contributed by atoms with Gasteiger partial charge in [-0.25, -0.2) is 9.59 Å². The number of ether oxygens (including phenoxy) is 1. The molecule has 1 saturated heterocycles. The molecule has 2 aromatic heterocycles. The molecule has 0 amide bonds. The maximum Gasteiger partial charge on any atom is 0.326 e. The Hall–Kier alpha value is -2.82. The van der Waals surface area contributed by atoms with Gasteiger partial charge in [0, 0.05) is 12.8 Å². The van der Waals surface area contributed by atoms with Gasteiger partial charge in [-0.2, -0.15) is 8.78 Å². The molecular weight excluding hydrogens is 318 g/mol. The van der Waals surface area contributed by atoms with Crippen LogP contribution in [0, 0.1) is 11.6 Å². The maximum absolute atomic E-state index is 13.2. The zero-order valence-corrected chi connectivity index (χ0v) is 11.6. The predicted molar refractivity (Wildman–Crippen MR) is 73.2 cm³/mol. The second-order valence-corrected chi connectivity index (χ2v) is 4.56. The Balaban J connectivity index is 0.000000185. The number of hydrogen-bond donors (Lipinski definition) is 4. The summed E-state index contributed by atoms with van der Waals surface area (Å²) in [6, 6.07) is 0. The molecule has 23 heavy (non-hydrogen) atoms. The van der Waals surface area contributed by atoms with Crippen molar-refractivity contribution >= 4 is 0 Å². The van der Waals surface area contributed by atoms with Gasteiger partial charge in [0.1, 0.15) is 6.10 Å². The van der Waals surface area contributed by atoms with E-state index in [0.717, 1.165) is 6.42 Å². The van der Waals surface area contributed by atoms with Gasteiger partial charge in [0.05, 0.1) is 5.69 Å². The fraction of sp³-hybridized carbons (Fsp3) is 0.333. The van der Waals surface area contributed by atoms with Gasteiger partial charge in [-0.15, -0.1) is 0 Å². The first kappa shape index (κ1) is 16.5. The summed E-state index contributed by atoms with van der Waals surface area (Å²) in [4.78, 5) is 49.9. The molecule has 1 aliphatic rings. The van der Waals surface area contributed by atoms with E-state index >= 15 is 0 Å². The number of rotatable bonds is 1. The van der Waals surface area contributed by atoms with E-state index in [1.807, 2.05) is 4.98 Å². The van der Waals surface area contributed by atoms with Crippen LogP contribution in [-0.2, 0) is 4.74 Å². The van der Waals surface area contributed by atoms with E-state index in [1.54, 1.807) is 9.97 Å². The van der Waals surface area contributed by atoms with Crippen molar-refractivity contribution in [2.24, 2.45) is 0 Å². The van der Waals surface area contributed by atoms with Crippen molar-refractivity contribution in [2.75, 3.05) is 6.61 Å². The molecular formula is C12H12F2N4O5. The molecule has 1 unspecified atom stereocenters. The van der Waals surface area contributed by atoms with Crippen LogP contribution >= 0.6 is 0 Å². The minimum absolute atomic E-state index is 0.0451. The lowest BCUT2D eigenvalue weighted by atomic mass is 10.2. The number of aromatic amines is 4. The summed E-state index contributed by atoms with van der Waals surface area (Å²) >= 11 is 0. The molecule has 0 radical (unpaired) electrons. The van der Waals surface area contributed by atoms with Crippen molar-refractivity contribution in [1.82, 2.24) is 19.9 Å². The molecule has 0 bridgehead atoms.